The molecule has 2 amide bonds. The van der Waals surface area contributed by atoms with Gasteiger partial charge in [0.15, 0.2) is 11.5 Å². The van der Waals surface area contributed by atoms with Crippen LogP contribution in [0.15, 0.2) is 64.4 Å². The molecule has 1 heterocycles. The van der Waals surface area contributed by atoms with Gasteiger partial charge in [0.2, 0.25) is 0 Å². The smallest absolute Gasteiger partial charge is 0.259 e. The third-order valence-corrected chi connectivity index (χ3v) is 4.99. The third kappa shape index (κ3) is 5.24. The van der Waals surface area contributed by atoms with Crippen LogP contribution in [0.5, 0.6) is 11.5 Å². The minimum absolute atomic E-state index is 0.209. The Labute approximate surface area is 178 Å². The van der Waals surface area contributed by atoms with Gasteiger partial charge < -0.3 is 14.8 Å². The molecular weight excluding hydrogens is 402 g/mol. The lowest BCUT2D eigenvalue weighted by Crippen LogP contribution is -2.34. The van der Waals surface area contributed by atoms with Crippen molar-refractivity contribution in [1.82, 2.24) is 10.7 Å². The summed E-state index contributed by atoms with van der Waals surface area (Å²) < 4.78 is 10.3. The summed E-state index contributed by atoms with van der Waals surface area (Å²) in [5, 5.41) is 10.5. The predicted octanol–water partition coefficient (Wildman–Crippen LogP) is 3.31. The SMILES string of the molecule is COc1ccc(C(=O)NCC(=O)N/N=C/c2cscc2-c2ccccc2)cc1OC. The number of hydrazone groups is 1. The van der Waals surface area contributed by atoms with Crippen LogP contribution in [0, 0.1) is 0 Å². The van der Waals surface area contributed by atoms with Crippen LogP contribution >= 0.6 is 11.3 Å². The Morgan fingerprint density at radius 3 is 2.53 bits per heavy atom. The van der Waals surface area contributed by atoms with E-state index >= 15 is 0 Å². The molecule has 3 aromatic rings. The van der Waals surface area contributed by atoms with E-state index in [1.54, 1.807) is 35.8 Å². The Hall–Kier alpha value is -3.65. The molecule has 3 rings (SSSR count). The number of ether oxygens (including phenoxy) is 2. The lowest BCUT2D eigenvalue weighted by atomic mass is 10.1. The van der Waals surface area contributed by atoms with E-state index in [0.29, 0.717) is 17.1 Å². The van der Waals surface area contributed by atoms with Crippen LogP contribution in [-0.2, 0) is 4.79 Å². The number of nitrogens with one attached hydrogen (secondary N) is 2. The molecule has 0 bridgehead atoms. The molecule has 0 atom stereocenters. The normalized spacial score (nSPS) is 10.6. The van der Waals surface area contributed by atoms with Gasteiger partial charge in [-0.3, -0.25) is 9.59 Å². The van der Waals surface area contributed by atoms with Crippen molar-refractivity contribution < 1.29 is 19.1 Å². The topological polar surface area (TPSA) is 89.0 Å². The first-order valence-corrected chi connectivity index (χ1v) is 10.0. The van der Waals surface area contributed by atoms with Crippen molar-refractivity contribution >= 4 is 29.4 Å². The number of nitrogens with zero attached hydrogens (tertiary/aromatic N) is 1. The van der Waals surface area contributed by atoms with E-state index < -0.39 is 11.8 Å². The number of thiophene rings is 1. The van der Waals surface area contributed by atoms with Gasteiger partial charge in [-0.05, 0) is 29.1 Å². The van der Waals surface area contributed by atoms with E-state index in [-0.39, 0.29) is 6.54 Å². The second-order valence-corrected chi connectivity index (χ2v) is 6.90. The van der Waals surface area contributed by atoms with E-state index in [0.717, 1.165) is 16.7 Å². The van der Waals surface area contributed by atoms with Crippen molar-refractivity contribution in [3.63, 3.8) is 0 Å². The van der Waals surface area contributed by atoms with Crippen LogP contribution in [0.25, 0.3) is 11.1 Å². The van der Waals surface area contributed by atoms with Crippen molar-refractivity contribution in [3.8, 4) is 22.6 Å². The van der Waals surface area contributed by atoms with Crippen LogP contribution < -0.4 is 20.2 Å². The molecule has 0 aliphatic rings. The Balaban J connectivity index is 1.53. The van der Waals surface area contributed by atoms with Gasteiger partial charge in [0.1, 0.15) is 0 Å². The maximum atomic E-state index is 12.3. The molecular formula is C22H21N3O4S. The summed E-state index contributed by atoms with van der Waals surface area (Å²) in [6, 6.07) is 14.7. The fourth-order valence-electron chi connectivity index (χ4n) is 2.71. The van der Waals surface area contributed by atoms with Crippen molar-refractivity contribution in [2.24, 2.45) is 5.10 Å². The van der Waals surface area contributed by atoms with Crippen LogP contribution in [-0.4, -0.2) is 38.8 Å². The van der Waals surface area contributed by atoms with Crippen molar-refractivity contribution in [3.05, 3.63) is 70.4 Å². The van der Waals surface area contributed by atoms with Gasteiger partial charge in [-0.15, -0.1) is 0 Å². The number of carbonyl (C=O) groups is 2. The lowest BCUT2D eigenvalue weighted by Gasteiger charge is -2.09. The Morgan fingerprint density at radius 2 is 1.80 bits per heavy atom. The van der Waals surface area contributed by atoms with Crippen LogP contribution in [0.3, 0.4) is 0 Å². The molecule has 0 radical (unpaired) electrons. The number of benzene rings is 2. The van der Waals surface area contributed by atoms with Crippen LogP contribution in [0.2, 0.25) is 0 Å². The second-order valence-electron chi connectivity index (χ2n) is 6.15. The first kappa shape index (κ1) is 21.1. The minimum Gasteiger partial charge on any atom is -0.493 e. The number of rotatable bonds is 8. The van der Waals surface area contributed by atoms with E-state index in [9.17, 15) is 9.59 Å². The van der Waals surface area contributed by atoms with E-state index in [4.69, 9.17) is 9.47 Å². The van der Waals surface area contributed by atoms with Crippen molar-refractivity contribution in [2.45, 2.75) is 0 Å². The molecule has 0 aliphatic carbocycles. The molecule has 30 heavy (non-hydrogen) atoms. The highest BCUT2D eigenvalue weighted by Gasteiger charge is 2.12. The Bertz CT molecular complexity index is 1050. The molecule has 0 saturated carbocycles. The fourth-order valence-corrected chi connectivity index (χ4v) is 3.52. The summed E-state index contributed by atoms with van der Waals surface area (Å²) in [6.45, 7) is -0.209. The fraction of sp³-hybridized carbons (Fsp3) is 0.136. The number of hydrogen-bond donors (Lipinski definition) is 2. The average Bonchev–Trinajstić information content (AvgIpc) is 3.26. The zero-order valence-corrected chi connectivity index (χ0v) is 17.4. The molecule has 8 heteroatoms. The van der Waals surface area contributed by atoms with Gasteiger partial charge >= 0.3 is 0 Å². The number of methoxy groups -OCH3 is 2. The number of amides is 2. The molecule has 0 fully saturated rings. The summed E-state index contributed by atoms with van der Waals surface area (Å²) in [5.41, 5.74) is 5.80. The molecule has 0 spiro atoms. The van der Waals surface area contributed by atoms with Gasteiger partial charge in [-0.25, -0.2) is 5.43 Å². The van der Waals surface area contributed by atoms with Crippen LogP contribution in [0.1, 0.15) is 15.9 Å². The third-order valence-electron chi connectivity index (χ3n) is 4.22. The highest BCUT2D eigenvalue weighted by Crippen LogP contribution is 2.27. The molecule has 0 unspecified atom stereocenters. The lowest BCUT2D eigenvalue weighted by molar-refractivity contribution is -0.120. The summed E-state index contributed by atoms with van der Waals surface area (Å²) in [5.74, 6) is 0.115. The molecule has 0 saturated heterocycles. The first-order chi connectivity index (χ1) is 14.6. The minimum atomic E-state index is -0.434. The standard InChI is InChI=1S/C22H21N3O4S/c1-28-19-9-8-16(10-20(19)29-2)22(27)23-12-21(26)25-24-11-17-13-30-14-18(17)15-6-4-3-5-7-15/h3-11,13-14H,12H2,1-2H3,(H,23,27)(H,25,26)/b24-11+. The molecule has 7 nitrogen and oxygen atoms in total. The van der Waals surface area contributed by atoms with E-state index in [2.05, 4.69) is 15.8 Å². The quantitative estimate of drug-likeness (QED) is 0.430. The highest BCUT2D eigenvalue weighted by molar-refractivity contribution is 7.08. The molecule has 0 aliphatic heterocycles. The van der Waals surface area contributed by atoms with E-state index in [1.807, 2.05) is 41.1 Å². The van der Waals surface area contributed by atoms with Crippen molar-refractivity contribution in [2.75, 3.05) is 20.8 Å². The van der Waals surface area contributed by atoms with Gasteiger partial charge in [0.05, 0.1) is 27.0 Å². The van der Waals surface area contributed by atoms with Gasteiger partial charge in [0, 0.05) is 22.1 Å². The molecule has 1 aromatic heterocycles. The number of carbonyl (C=O) groups excluding carboxylic acids is 2. The summed E-state index contributed by atoms with van der Waals surface area (Å²) in [7, 11) is 3.00. The first-order valence-electron chi connectivity index (χ1n) is 9.06. The number of hydrogen-bond acceptors (Lipinski definition) is 6. The maximum Gasteiger partial charge on any atom is 0.259 e. The Kier molecular flexibility index (Phi) is 7.18. The summed E-state index contributed by atoms with van der Waals surface area (Å²) in [6.07, 6.45) is 1.59. The molecule has 154 valence electrons. The summed E-state index contributed by atoms with van der Waals surface area (Å²) >= 11 is 1.56. The second kappa shape index (κ2) is 10.2. The monoisotopic (exact) mass is 423 g/mol. The molecule has 2 aromatic carbocycles. The van der Waals surface area contributed by atoms with Gasteiger partial charge in [-0.1, -0.05) is 30.3 Å². The predicted molar refractivity (Wildman–Crippen MR) is 117 cm³/mol. The largest absolute Gasteiger partial charge is 0.493 e. The zero-order valence-electron chi connectivity index (χ0n) is 16.5. The van der Waals surface area contributed by atoms with E-state index in [1.165, 1.54) is 14.2 Å². The van der Waals surface area contributed by atoms with Gasteiger partial charge in [-0.2, -0.15) is 16.4 Å². The molecule has 2 N–H and O–H groups in total. The summed E-state index contributed by atoms with van der Waals surface area (Å²) in [4.78, 5) is 24.3. The van der Waals surface area contributed by atoms with Crippen LogP contribution in [0.4, 0.5) is 0 Å². The average molecular weight is 423 g/mol. The maximum absolute atomic E-state index is 12.3. The zero-order chi connectivity index (χ0) is 21.3. The Morgan fingerprint density at radius 1 is 1.03 bits per heavy atom. The van der Waals surface area contributed by atoms with Gasteiger partial charge in [0.25, 0.3) is 11.8 Å². The highest BCUT2D eigenvalue weighted by atomic mass is 32.1. The van der Waals surface area contributed by atoms with Crippen molar-refractivity contribution in [1.29, 1.82) is 0 Å².